The highest BCUT2D eigenvalue weighted by Crippen LogP contribution is 1.96. The molecular formula is C17H13Si. The molecule has 2 rings (SSSR count). The van der Waals surface area contributed by atoms with Crippen LogP contribution in [-0.4, -0.2) is 8.80 Å². The van der Waals surface area contributed by atoms with Crippen LogP contribution in [0.5, 0.6) is 0 Å². The number of benzene rings is 2. The van der Waals surface area contributed by atoms with Gasteiger partial charge in [-0.05, 0) is 30.8 Å². The highest BCUT2D eigenvalue weighted by Gasteiger charge is 1.93. The molecule has 0 spiro atoms. The molecule has 0 nitrogen and oxygen atoms in total. The lowest BCUT2D eigenvalue weighted by Gasteiger charge is -1.89. The van der Waals surface area contributed by atoms with Crippen molar-refractivity contribution < 1.29 is 0 Å². The Morgan fingerprint density at radius 3 is 1.44 bits per heavy atom. The molecule has 0 bridgehead atoms. The van der Waals surface area contributed by atoms with Crippen molar-refractivity contribution in [1.29, 1.82) is 0 Å². The number of hydrogen-bond donors (Lipinski definition) is 0. The first-order valence-electron chi connectivity index (χ1n) is 5.82. The zero-order chi connectivity index (χ0) is 12.6. The maximum atomic E-state index is 3.25. The second-order valence-electron chi connectivity index (χ2n) is 3.86. The Bertz CT molecular complexity index is 549. The first kappa shape index (κ1) is 12.2. The Morgan fingerprint density at radius 1 is 0.667 bits per heavy atom. The summed E-state index contributed by atoms with van der Waals surface area (Å²) in [6.07, 6.45) is 0. The van der Waals surface area contributed by atoms with Gasteiger partial charge < -0.3 is 0 Å². The SMILES string of the molecule is C[Si](C#Cc1ccccc1)C#Cc1ccccc1. The summed E-state index contributed by atoms with van der Waals surface area (Å²) in [5.41, 5.74) is 8.61. The molecule has 85 valence electrons. The van der Waals surface area contributed by atoms with E-state index in [1.54, 1.807) is 0 Å². The van der Waals surface area contributed by atoms with Crippen molar-refractivity contribution in [3.05, 3.63) is 71.8 Å². The molecule has 1 radical (unpaired) electrons. The first-order valence-corrected chi connectivity index (χ1v) is 7.82. The third-order valence-corrected chi connectivity index (χ3v) is 3.34. The van der Waals surface area contributed by atoms with Gasteiger partial charge in [-0.25, -0.2) is 0 Å². The van der Waals surface area contributed by atoms with E-state index in [2.05, 4.69) is 29.5 Å². The Morgan fingerprint density at radius 2 is 1.06 bits per heavy atom. The fourth-order valence-electron chi connectivity index (χ4n) is 1.41. The normalized spacial score (nSPS) is 9.00. The van der Waals surface area contributed by atoms with Crippen molar-refractivity contribution in [2.75, 3.05) is 0 Å². The van der Waals surface area contributed by atoms with Gasteiger partial charge >= 0.3 is 0 Å². The molecular weight excluding hydrogens is 232 g/mol. The zero-order valence-electron chi connectivity index (χ0n) is 10.3. The monoisotopic (exact) mass is 245 g/mol. The summed E-state index contributed by atoms with van der Waals surface area (Å²) in [6, 6.07) is 20.1. The molecule has 0 N–H and O–H groups in total. The Balaban J connectivity index is 2.04. The van der Waals surface area contributed by atoms with Gasteiger partial charge in [0.1, 0.15) is 0 Å². The molecule has 18 heavy (non-hydrogen) atoms. The van der Waals surface area contributed by atoms with Crippen molar-refractivity contribution in [2.24, 2.45) is 0 Å². The van der Waals surface area contributed by atoms with Crippen molar-refractivity contribution >= 4 is 8.80 Å². The molecule has 0 unspecified atom stereocenters. The zero-order valence-corrected chi connectivity index (χ0v) is 11.3. The molecule has 1 heteroatoms. The molecule has 0 aliphatic heterocycles. The highest BCUT2D eigenvalue weighted by atomic mass is 28.3. The Hall–Kier alpha value is -2.22. The molecule has 2 aromatic rings. The molecule has 0 atom stereocenters. The highest BCUT2D eigenvalue weighted by molar-refractivity contribution is 6.74. The largest absolute Gasteiger partial charge is 0.231 e. The van der Waals surface area contributed by atoms with Crippen LogP contribution >= 0.6 is 0 Å². The smallest absolute Gasteiger partial charge is 0.111 e. The van der Waals surface area contributed by atoms with Gasteiger partial charge in [0.2, 0.25) is 8.80 Å². The van der Waals surface area contributed by atoms with Gasteiger partial charge in [-0.15, -0.1) is 11.1 Å². The second kappa shape index (κ2) is 6.50. The van der Waals surface area contributed by atoms with Crippen LogP contribution in [0, 0.1) is 22.9 Å². The van der Waals surface area contributed by atoms with E-state index in [0.717, 1.165) is 11.1 Å². The molecule has 0 aliphatic rings. The lowest BCUT2D eigenvalue weighted by atomic mass is 10.2. The number of rotatable bonds is 0. The van der Waals surface area contributed by atoms with Crippen LogP contribution in [0.1, 0.15) is 11.1 Å². The molecule has 0 aromatic heterocycles. The molecule has 0 heterocycles. The van der Waals surface area contributed by atoms with Gasteiger partial charge in [0.15, 0.2) is 0 Å². The minimum Gasteiger partial charge on any atom is -0.111 e. The maximum absolute atomic E-state index is 3.25. The molecule has 0 fully saturated rings. The second-order valence-corrected chi connectivity index (χ2v) is 5.61. The minimum absolute atomic E-state index is 0.907. The number of hydrogen-bond acceptors (Lipinski definition) is 0. The predicted octanol–water partition coefficient (Wildman–Crippen LogP) is 3.29. The van der Waals surface area contributed by atoms with Crippen molar-refractivity contribution in [1.82, 2.24) is 0 Å². The quantitative estimate of drug-likeness (QED) is 0.493. The average molecular weight is 245 g/mol. The van der Waals surface area contributed by atoms with Gasteiger partial charge in [-0.3, -0.25) is 0 Å². The van der Waals surface area contributed by atoms with Crippen LogP contribution in [0.15, 0.2) is 60.7 Å². The summed E-state index contributed by atoms with van der Waals surface area (Å²) < 4.78 is 0. The topological polar surface area (TPSA) is 0 Å². The molecule has 2 aromatic carbocycles. The summed E-state index contributed by atoms with van der Waals surface area (Å²) in [6.45, 7) is 2.12. The molecule has 0 aliphatic carbocycles. The third kappa shape index (κ3) is 3.98. The van der Waals surface area contributed by atoms with Crippen LogP contribution in [-0.2, 0) is 0 Å². The molecule has 0 saturated heterocycles. The van der Waals surface area contributed by atoms with Gasteiger partial charge in [-0.2, -0.15) is 0 Å². The minimum atomic E-state index is -0.907. The van der Waals surface area contributed by atoms with Crippen LogP contribution < -0.4 is 0 Å². The van der Waals surface area contributed by atoms with Crippen molar-refractivity contribution in [3.8, 4) is 22.9 Å². The van der Waals surface area contributed by atoms with Crippen molar-refractivity contribution in [3.63, 3.8) is 0 Å². The Labute approximate surface area is 110 Å². The molecule has 0 amide bonds. The van der Waals surface area contributed by atoms with Gasteiger partial charge in [0, 0.05) is 11.1 Å². The lowest BCUT2D eigenvalue weighted by molar-refractivity contribution is 1.65. The van der Waals surface area contributed by atoms with Crippen molar-refractivity contribution in [2.45, 2.75) is 6.55 Å². The summed E-state index contributed by atoms with van der Waals surface area (Å²) in [7, 11) is -0.907. The van der Waals surface area contributed by atoms with Gasteiger partial charge in [0.25, 0.3) is 0 Å². The van der Waals surface area contributed by atoms with E-state index in [1.165, 1.54) is 0 Å². The standard InChI is InChI=1S/C17H13Si/c1-18(14-12-16-8-4-2-5-9-16)15-13-17-10-6-3-7-11-17/h2-11H,1H3. The summed E-state index contributed by atoms with van der Waals surface area (Å²) in [5, 5.41) is 0. The molecule has 0 saturated carbocycles. The summed E-state index contributed by atoms with van der Waals surface area (Å²) >= 11 is 0. The summed E-state index contributed by atoms with van der Waals surface area (Å²) in [4.78, 5) is 0. The first-order chi connectivity index (χ1) is 8.84. The fraction of sp³-hybridized carbons (Fsp3) is 0.0588. The van der Waals surface area contributed by atoms with E-state index in [-0.39, 0.29) is 0 Å². The maximum Gasteiger partial charge on any atom is 0.231 e. The Kier molecular flexibility index (Phi) is 4.42. The van der Waals surface area contributed by atoms with Crippen LogP contribution in [0.3, 0.4) is 0 Å². The van der Waals surface area contributed by atoms with Gasteiger partial charge in [-0.1, -0.05) is 48.2 Å². The van der Waals surface area contributed by atoms with Gasteiger partial charge in [0.05, 0.1) is 0 Å². The van der Waals surface area contributed by atoms with Crippen LogP contribution in [0.25, 0.3) is 0 Å². The van der Waals surface area contributed by atoms with E-state index in [1.807, 2.05) is 60.7 Å². The van der Waals surface area contributed by atoms with Crippen LogP contribution in [0.4, 0.5) is 0 Å². The predicted molar refractivity (Wildman–Crippen MR) is 78.3 cm³/mol. The third-order valence-electron chi connectivity index (χ3n) is 2.34. The van der Waals surface area contributed by atoms with E-state index in [0.29, 0.717) is 0 Å². The van der Waals surface area contributed by atoms with E-state index >= 15 is 0 Å². The van der Waals surface area contributed by atoms with E-state index < -0.39 is 8.80 Å². The van der Waals surface area contributed by atoms with Crippen LogP contribution in [0.2, 0.25) is 6.55 Å². The van der Waals surface area contributed by atoms with E-state index in [4.69, 9.17) is 0 Å². The fourth-order valence-corrected chi connectivity index (χ4v) is 2.13. The average Bonchev–Trinajstić information content (AvgIpc) is 2.45. The van der Waals surface area contributed by atoms with E-state index in [9.17, 15) is 0 Å². The summed E-state index contributed by atoms with van der Waals surface area (Å²) in [5.74, 6) is 6.35. The lowest BCUT2D eigenvalue weighted by Crippen LogP contribution is -1.99.